The average molecular weight is 285 g/mol. The van der Waals surface area contributed by atoms with Crippen LogP contribution in [0, 0.1) is 0 Å². The Morgan fingerprint density at radius 1 is 1.26 bits per heavy atom. The summed E-state index contributed by atoms with van der Waals surface area (Å²) >= 11 is 0. The van der Waals surface area contributed by atoms with Crippen molar-refractivity contribution in [1.29, 1.82) is 0 Å². The molecule has 0 aliphatic carbocycles. The van der Waals surface area contributed by atoms with Crippen LogP contribution in [0.5, 0.6) is 0 Å². The summed E-state index contributed by atoms with van der Waals surface area (Å²) in [6.45, 7) is 2.93. The maximum absolute atomic E-state index is 11.9. The predicted molar refractivity (Wildman–Crippen MR) is 74.2 cm³/mol. The van der Waals surface area contributed by atoms with Gasteiger partial charge in [-0.1, -0.05) is 0 Å². The van der Waals surface area contributed by atoms with E-state index in [4.69, 9.17) is 5.73 Å². The molecular formula is C12H19N3O3S. The van der Waals surface area contributed by atoms with Gasteiger partial charge in [-0.3, -0.25) is 4.79 Å². The zero-order chi connectivity index (χ0) is 14.3. The van der Waals surface area contributed by atoms with E-state index in [0.29, 0.717) is 6.42 Å². The van der Waals surface area contributed by atoms with Gasteiger partial charge in [0.2, 0.25) is 15.9 Å². The van der Waals surface area contributed by atoms with Crippen LogP contribution in [0.1, 0.15) is 19.8 Å². The van der Waals surface area contributed by atoms with Gasteiger partial charge in [0.25, 0.3) is 0 Å². The van der Waals surface area contributed by atoms with Gasteiger partial charge in [0.1, 0.15) is 0 Å². The van der Waals surface area contributed by atoms with Crippen LogP contribution in [0.3, 0.4) is 0 Å². The number of hydrogen-bond acceptors (Lipinski definition) is 4. The predicted octanol–water partition coefficient (Wildman–Crippen LogP) is 0.662. The molecule has 0 saturated heterocycles. The molecule has 0 saturated carbocycles. The lowest BCUT2D eigenvalue weighted by Gasteiger charge is -2.07. The first-order valence-electron chi connectivity index (χ1n) is 6.07. The van der Waals surface area contributed by atoms with Gasteiger partial charge < -0.3 is 11.1 Å². The molecule has 0 aliphatic heterocycles. The molecular weight excluding hydrogens is 266 g/mol. The van der Waals surface area contributed by atoms with Crippen molar-refractivity contribution in [3.8, 4) is 0 Å². The number of sulfonamides is 1. The van der Waals surface area contributed by atoms with E-state index in [0.717, 1.165) is 12.2 Å². The fourth-order valence-electron chi connectivity index (χ4n) is 1.51. The summed E-state index contributed by atoms with van der Waals surface area (Å²) in [5.74, 6) is -0.436. The monoisotopic (exact) mass is 285 g/mol. The van der Waals surface area contributed by atoms with E-state index < -0.39 is 15.9 Å². The van der Waals surface area contributed by atoms with Crippen LogP contribution in [-0.2, 0) is 14.8 Å². The number of nitrogens with two attached hydrogens (primary N) is 1. The van der Waals surface area contributed by atoms with Gasteiger partial charge >= 0.3 is 0 Å². The van der Waals surface area contributed by atoms with Crippen molar-refractivity contribution in [2.45, 2.75) is 24.7 Å². The van der Waals surface area contributed by atoms with E-state index in [9.17, 15) is 13.2 Å². The molecule has 6 nitrogen and oxygen atoms in total. The highest BCUT2D eigenvalue weighted by Crippen LogP contribution is 2.13. The maximum atomic E-state index is 11.9. The van der Waals surface area contributed by atoms with Crippen molar-refractivity contribution >= 4 is 21.6 Å². The van der Waals surface area contributed by atoms with Crippen LogP contribution < -0.4 is 15.8 Å². The molecule has 1 aromatic carbocycles. The lowest BCUT2D eigenvalue weighted by atomic mass is 10.3. The van der Waals surface area contributed by atoms with E-state index in [1.54, 1.807) is 12.1 Å². The van der Waals surface area contributed by atoms with Crippen molar-refractivity contribution in [2.75, 3.05) is 18.4 Å². The molecule has 0 bridgehead atoms. The van der Waals surface area contributed by atoms with Gasteiger partial charge in [-0.05, 0) is 37.6 Å². The van der Waals surface area contributed by atoms with E-state index in [2.05, 4.69) is 10.0 Å². The molecule has 4 N–H and O–H groups in total. The Morgan fingerprint density at radius 2 is 1.89 bits per heavy atom. The number of benzene rings is 1. The molecule has 1 amide bonds. The summed E-state index contributed by atoms with van der Waals surface area (Å²) in [5, 5.41) is 3.08. The van der Waals surface area contributed by atoms with E-state index in [-0.39, 0.29) is 17.9 Å². The smallest absolute Gasteiger partial charge is 0.240 e. The molecule has 7 heteroatoms. The molecule has 0 aliphatic rings. The lowest BCUT2D eigenvalue weighted by Crippen LogP contribution is -2.25. The number of amides is 1. The average Bonchev–Trinajstić information content (AvgIpc) is 2.36. The van der Waals surface area contributed by atoms with Crippen LogP contribution in [0.4, 0.5) is 5.69 Å². The quantitative estimate of drug-likeness (QED) is 0.611. The topological polar surface area (TPSA) is 101 Å². The normalized spacial score (nSPS) is 11.2. The van der Waals surface area contributed by atoms with Crippen LogP contribution in [0.15, 0.2) is 29.2 Å². The van der Waals surface area contributed by atoms with Crippen molar-refractivity contribution in [3.05, 3.63) is 24.3 Å². The minimum atomic E-state index is -3.52. The largest absolute Gasteiger partial charge is 0.385 e. The van der Waals surface area contributed by atoms with Crippen LogP contribution in [-0.4, -0.2) is 27.4 Å². The summed E-state index contributed by atoms with van der Waals surface area (Å²) in [4.78, 5) is 10.7. The molecule has 0 aromatic heterocycles. The Bertz CT molecular complexity index is 512. The van der Waals surface area contributed by atoms with Gasteiger partial charge in [0.05, 0.1) is 4.90 Å². The zero-order valence-electron chi connectivity index (χ0n) is 10.8. The molecule has 0 radical (unpaired) electrons. The summed E-state index contributed by atoms with van der Waals surface area (Å²) in [6, 6.07) is 6.49. The molecule has 106 valence electrons. The molecule has 1 aromatic rings. The van der Waals surface area contributed by atoms with Gasteiger partial charge in [-0.2, -0.15) is 0 Å². The van der Waals surface area contributed by atoms with Gasteiger partial charge in [-0.25, -0.2) is 13.1 Å². The fourth-order valence-corrected chi connectivity index (χ4v) is 2.58. The number of hydrogen-bond donors (Lipinski definition) is 3. The lowest BCUT2D eigenvalue weighted by molar-refractivity contribution is -0.118. The van der Waals surface area contributed by atoms with Gasteiger partial charge in [-0.15, -0.1) is 0 Å². The maximum Gasteiger partial charge on any atom is 0.240 e. The molecule has 0 fully saturated rings. The Morgan fingerprint density at radius 3 is 2.42 bits per heavy atom. The molecule has 1 rings (SSSR count). The van der Waals surface area contributed by atoms with E-state index >= 15 is 0 Å². The molecule has 0 unspecified atom stereocenters. The minimum Gasteiger partial charge on any atom is -0.385 e. The fraction of sp³-hybridized carbons (Fsp3) is 0.417. The SMILES string of the molecule is CCNc1ccc(S(=O)(=O)NCCCC(N)=O)cc1. The zero-order valence-corrected chi connectivity index (χ0v) is 11.7. The Balaban J connectivity index is 2.59. The molecule has 0 atom stereocenters. The van der Waals surface area contributed by atoms with Crippen molar-refractivity contribution in [2.24, 2.45) is 5.73 Å². The number of primary amides is 1. The first-order valence-corrected chi connectivity index (χ1v) is 7.56. The summed E-state index contributed by atoms with van der Waals surface area (Å²) in [7, 11) is -3.52. The number of anilines is 1. The van der Waals surface area contributed by atoms with Gasteiger partial charge in [0, 0.05) is 25.2 Å². The van der Waals surface area contributed by atoms with Crippen molar-refractivity contribution in [1.82, 2.24) is 4.72 Å². The van der Waals surface area contributed by atoms with Gasteiger partial charge in [0.15, 0.2) is 0 Å². The third-order valence-corrected chi connectivity index (χ3v) is 3.91. The minimum absolute atomic E-state index is 0.169. The number of carbonyl (C=O) groups excluding carboxylic acids is 1. The first kappa shape index (κ1) is 15.5. The third kappa shape index (κ3) is 5.27. The highest BCUT2D eigenvalue weighted by atomic mass is 32.2. The Kier molecular flexibility index (Phi) is 5.78. The highest BCUT2D eigenvalue weighted by molar-refractivity contribution is 7.89. The standard InChI is InChI=1S/C12H19N3O3S/c1-2-14-10-5-7-11(8-6-10)19(17,18)15-9-3-4-12(13)16/h5-8,14-15H,2-4,9H2,1H3,(H2,13,16). The highest BCUT2D eigenvalue weighted by Gasteiger charge is 2.12. The second kappa shape index (κ2) is 7.10. The molecule has 0 heterocycles. The van der Waals surface area contributed by atoms with E-state index in [1.165, 1.54) is 12.1 Å². The Hall–Kier alpha value is -1.60. The van der Waals surface area contributed by atoms with Crippen molar-refractivity contribution < 1.29 is 13.2 Å². The number of carbonyl (C=O) groups is 1. The summed E-state index contributed by atoms with van der Waals surface area (Å²) in [5.41, 5.74) is 5.85. The van der Waals surface area contributed by atoms with E-state index in [1.807, 2.05) is 6.92 Å². The van der Waals surface area contributed by atoms with Crippen LogP contribution in [0.25, 0.3) is 0 Å². The van der Waals surface area contributed by atoms with Crippen molar-refractivity contribution in [3.63, 3.8) is 0 Å². The summed E-state index contributed by atoms with van der Waals surface area (Å²) in [6.07, 6.45) is 0.561. The molecule has 0 spiro atoms. The molecule has 19 heavy (non-hydrogen) atoms. The number of rotatable bonds is 8. The second-order valence-corrected chi connectivity index (χ2v) is 5.79. The number of nitrogens with one attached hydrogen (secondary N) is 2. The van der Waals surface area contributed by atoms with Crippen LogP contribution >= 0.6 is 0 Å². The third-order valence-electron chi connectivity index (χ3n) is 2.44. The first-order chi connectivity index (χ1) is 8.95. The summed E-state index contributed by atoms with van der Waals surface area (Å²) < 4.78 is 26.2. The Labute approximate surface area is 113 Å². The van der Waals surface area contributed by atoms with Crippen LogP contribution in [0.2, 0.25) is 0 Å². The second-order valence-electron chi connectivity index (χ2n) is 4.02.